The highest BCUT2D eigenvalue weighted by Crippen LogP contribution is 2.00. The third-order valence-corrected chi connectivity index (χ3v) is 1.96. The van der Waals surface area contributed by atoms with Crippen molar-refractivity contribution in [3.63, 3.8) is 0 Å². The van der Waals surface area contributed by atoms with Gasteiger partial charge in [0, 0.05) is 11.8 Å². The average molecular weight is 145 g/mol. The fourth-order valence-electron chi connectivity index (χ4n) is 0.672. The van der Waals surface area contributed by atoms with Crippen LogP contribution in [0.2, 0.25) is 0 Å². The zero-order valence-corrected chi connectivity index (χ0v) is 7.00. The van der Waals surface area contributed by atoms with Crippen LogP contribution in [0, 0.1) is 0 Å². The van der Waals surface area contributed by atoms with Gasteiger partial charge in [-0.25, -0.2) is 0 Å². The van der Waals surface area contributed by atoms with E-state index < -0.39 is 0 Å². The predicted octanol–water partition coefficient (Wildman–Crippen LogP) is 1.51. The van der Waals surface area contributed by atoms with Gasteiger partial charge in [0.2, 0.25) is 0 Å². The SMILES string of the molecule is C=CCC(CSC)NC. The Balaban J connectivity index is 3.28. The van der Waals surface area contributed by atoms with E-state index in [4.69, 9.17) is 0 Å². The van der Waals surface area contributed by atoms with Gasteiger partial charge in [0.1, 0.15) is 0 Å². The molecule has 1 unspecified atom stereocenters. The molecular weight excluding hydrogens is 130 g/mol. The maximum Gasteiger partial charge on any atom is 0.0189 e. The van der Waals surface area contributed by atoms with Crippen LogP contribution in [-0.2, 0) is 0 Å². The van der Waals surface area contributed by atoms with E-state index in [2.05, 4.69) is 18.2 Å². The van der Waals surface area contributed by atoms with Gasteiger partial charge in [-0.3, -0.25) is 0 Å². The van der Waals surface area contributed by atoms with E-state index in [0.717, 1.165) is 6.42 Å². The number of hydrogen-bond acceptors (Lipinski definition) is 2. The van der Waals surface area contributed by atoms with Gasteiger partial charge in [-0.15, -0.1) is 6.58 Å². The molecule has 54 valence electrons. The van der Waals surface area contributed by atoms with Gasteiger partial charge >= 0.3 is 0 Å². The van der Waals surface area contributed by atoms with Crippen molar-refractivity contribution in [1.29, 1.82) is 0 Å². The van der Waals surface area contributed by atoms with Crippen molar-refractivity contribution in [3.05, 3.63) is 12.7 Å². The summed E-state index contributed by atoms with van der Waals surface area (Å²) in [5.74, 6) is 1.17. The van der Waals surface area contributed by atoms with Gasteiger partial charge in [0.15, 0.2) is 0 Å². The smallest absolute Gasteiger partial charge is 0.0189 e. The van der Waals surface area contributed by atoms with Crippen molar-refractivity contribution in [2.45, 2.75) is 12.5 Å². The first-order valence-electron chi connectivity index (χ1n) is 3.12. The molecule has 0 rings (SSSR count). The molecule has 0 saturated carbocycles. The van der Waals surface area contributed by atoms with Crippen molar-refractivity contribution < 1.29 is 0 Å². The summed E-state index contributed by atoms with van der Waals surface area (Å²) in [6, 6.07) is 0.609. The first-order valence-corrected chi connectivity index (χ1v) is 4.51. The van der Waals surface area contributed by atoms with E-state index in [0.29, 0.717) is 6.04 Å². The van der Waals surface area contributed by atoms with Crippen LogP contribution in [0.5, 0.6) is 0 Å². The second-order valence-corrected chi connectivity index (χ2v) is 2.88. The Bertz CT molecular complexity index is 73.3. The lowest BCUT2D eigenvalue weighted by Gasteiger charge is -2.10. The summed E-state index contributed by atoms with van der Waals surface area (Å²) in [5, 5.41) is 3.21. The quantitative estimate of drug-likeness (QED) is 0.589. The van der Waals surface area contributed by atoms with Gasteiger partial charge in [-0.05, 0) is 19.7 Å². The molecule has 0 aliphatic carbocycles. The first-order chi connectivity index (χ1) is 4.35. The Labute approximate surface area is 61.9 Å². The number of hydrogen-bond donors (Lipinski definition) is 1. The lowest BCUT2D eigenvalue weighted by atomic mass is 10.2. The van der Waals surface area contributed by atoms with E-state index in [1.54, 1.807) is 0 Å². The summed E-state index contributed by atoms with van der Waals surface area (Å²) in [6.45, 7) is 3.68. The normalized spacial score (nSPS) is 13.1. The Morgan fingerprint density at radius 2 is 2.44 bits per heavy atom. The Hall–Kier alpha value is 0.0500. The number of thioether (sulfide) groups is 1. The maximum atomic E-state index is 3.68. The average Bonchev–Trinajstić information content (AvgIpc) is 1.88. The highest BCUT2D eigenvalue weighted by atomic mass is 32.2. The van der Waals surface area contributed by atoms with Crippen LogP contribution in [0.4, 0.5) is 0 Å². The largest absolute Gasteiger partial charge is 0.316 e. The van der Waals surface area contributed by atoms with Crippen LogP contribution in [0.1, 0.15) is 6.42 Å². The summed E-state index contributed by atoms with van der Waals surface area (Å²) in [7, 11) is 1.99. The van der Waals surface area contributed by atoms with Crippen molar-refractivity contribution in [2.75, 3.05) is 19.1 Å². The Kier molecular flexibility index (Phi) is 6.21. The second-order valence-electron chi connectivity index (χ2n) is 1.97. The molecule has 2 heteroatoms. The van der Waals surface area contributed by atoms with Crippen molar-refractivity contribution >= 4 is 11.8 Å². The summed E-state index contributed by atoms with van der Waals surface area (Å²) >= 11 is 1.86. The van der Waals surface area contributed by atoms with Gasteiger partial charge in [-0.1, -0.05) is 6.08 Å². The molecule has 0 aromatic carbocycles. The van der Waals surface area contributed by atoms with E-state index in [1.807, 2.05) is 24.9 Å². The first kappa shape index (κ1) is 9.05. The Morgan fingerprint density at radius 1 is 1.78 bits per heavy atom. The maximum absolute atomic E-state index is 3.68. The van der Waals surface area contributed by atoms with Crippen molar-refractivity contribution in [1.82, 2.24) is 5.32 Å². The van der Waals surface area contributed by atoms with E-state index >= 15 is 0 Å². The minimum absolute atomic E-state index is 0.609. The van der Waals surface area contributed by atoms with Crippen LogP contribution in [-0.4, -0.2) is 25.1 Å². The predicted molar refractivity (Wildman–Crippen MR) is 46.0 cm³/mol. The summed E-state index contributed by atoms with van der Waals surface area (Å²) in [4.78, 5) is 0. The van der Waals surface area contributed by atoms with E-state index in [1.165, 1.54) is 5.75 Å². The minimum atomic E-state index is 0.609. The molecule has 0 saturated heterocycles. The second kappa shape index (κ2) is 6.17. The number of rotatable bonds is 5. The van der Waals surface area contributed by atoms with Gasteiger partial charge in [0.25, 0.3) is 0 Å². The van der Waals surface area contributed by atoms with Gasteiger partial charge in [0.05, 0.1) is 0 Å². The molecule has 0 fully saturated rings. The van der Waals surface area contributed by atoms with Gasteiger partial charge in [-0.2, -0.15) is 11.8 Å². The zero-order valence-electron chi connectivity index (χ0n) is 6.18. The molecule has 0 radical (unpaired) electrons. The monoisotopic (exact) mass is 145 g/mol. The molecular formula is C7H15NS. The molecule has 0 bridgehead atoms. The molecule has 0 amide bonds. The van der Waals surface area contributed by atoms with Crippen LogP contribution < -0.4 is 5.32 Å². The summed E-state index contributed by atoms with van der Waals surface area (Å²) in [5.41, 5.74) is 0. The molecule has 0 aliphatic rings. The Morgan fingerprint density at radius 3 is 2.78 bits per heavy atom. The fourth-order valence-corrected chi connectivity index (χ4v) is 1.38. The number of nitrogens with one attached hydrogen (secondary N) is 1. The molecule has 1 N–H and O–H groups in total. The lowest BCUT2D eigenvalue weighted by Crippen LogP contribution is -2.26. The third-order valence-electron chi connectivity index (χ3n) is 1.23. The topological polar surface area (TPSA) is 12.0 Å². The highest BCUT2D eigenvalue weighted by molar-refractivity contribution is 7.98. The molecule has 0 spiro atoms. The molecule has 0 heterocycles. The molecule has 0 aliphatic heterocycles. The zero-order chi connectivity index (χ0) is 7.11. The van der Waals surface area contributed by atoms with Crippen LogP contribution >= 0.6 is 11.8 Å². The molecule has 1 nitrogen and oxygen atoms in total. The van der Waals surface area contributed by atoms with Crippen LogP contribution in [0.15, 0.2) is 12.7 Å². The third kappa shape index (κ3) is 4.55. The molecule has 9 heavy (non-hydrogen) atoms. The summed E-state index contributed by atoms with van der Waals surface area (Å²) in [6.07, 6.45) is 5.14. The van der Waals surface area contributed by atoms with E-state index in [9.17, 15) is 0 Å². The highest BCUT2D eigenvalue weighted by Gasteiger charge is 1.99. The lowest BCUT2D eigenvalue weighted by molar-refractivity contribution is 0.629. The molecule has 0 aromatic rings. The van der Waals surface area contributed by atoms with Crippen molar-refractivity contribution in [2.24, 2.45) is 0 Å². The van der Waals surface area contributed by atoms with Crippen LogP contribution in [0.3, 0.4) is 0 Å². The standard InChI is InChI=1S/C7H15NS/c1-4-5-7(8-2)6-9-3/h4,7-8H,1,5-6H2,2-3H3. The molecule has 0 aromatic heterocycles. The van der Waals surface area contributed by atoms with Crippen molar-refractivity contribution in [3.8, 4) is 0 Å². The van der Waals surface area contributed by atoms with Crippen LogP contribution in [0.25, 0.3) is 0 Å². The van der Waals surface area contributed by atoms with E-state index in [-0.39, 0.29) is 0 Å². The van der Waals surface area contributed by atoms with Gasteiger partial charge < -0.3 is 5.32 Å². The minimum Gasteiger partial charge on any atom is -0.316 e. The molecule has 1 atom stereocenters. The fraction of sp³-hybridized carbons (Fsp3) is 0.714. The summed E-state index contributed by atoms with van der Waals surface area (Å²) < 4.78 is 0.